The molecular weight excluding hydrogens is 567 g/mol. The van der Waals surface area contributed by atoms with Gasteiger partial charge in [0.2, 0.25) is 0 Å². The standard InChI is InChI=1S/C32H38F3NO5S/c1-21-17-22(19-36(29(38)41-31(5,6)7)16-15-27(37)40-30(2,3)4)13-14-26(21)39-20-24-18-25(23-11-9-8-10-12-23)28(42-24)32(33,34)35/h8-14,17-18H,15-16,19-20H2,1-7H3. The van der Waals surface area contributed by atoms with Crippen LogP contribution in [0.4, 0.5) is 18.0 Å². The number of hydrogen-bond acceptors (Lipinski definition) is 6. The number of ether oxygens (including phenoxy) is 3. The van der Waals surface area contributed by atoms with Gasteiger partial charge in [-0.1, -0.05) is 42.5 Å². The number of carbonyl (C=O) groups is 2. The van der Waals surface area contributed by atoms with Gasteiger partial charge in [0, 0.05) is 23.5 Å². The van der Waals surface area contributed by atoms with E-state index < -0.39 is 34.3 Å². The second-order valence-electron chi connectivity index (χ2n) is 11.9. The van der Waals surface area contributed by atoms with Crippen molar-refractivity contribution >= 4 is 23.4 Å². The molecule has 1 aromatic heterocycles. The summed E-state index contributed by atoms with van der Waals surface area (Å²) in [5.41, 5.74) is 0.794. The molecule has 0 saturated heterocycles. The first kappa shape index (κ1) is 33.0. The SMILES string of the molecule is Cc1cc(CN(CCC(=O)OC(C)(C)C)C(=O)OC(C)(C)C)ccc1OCc1cc(-c2ccccc2)c(C(F)(F)F)s1. The zero-order chi connectivity index (χ0) is 31.3. The van der Waals surface area contributed by atoms with Crippen LogP contribution in [-0.2, 0) is 33.6 Å². The summed E-state index contributed by atoms with van der Waals surface area (Å²) in [5, 5.41) is 0. The van der Waals surface area contributed by atoms with E-state index in [4.69, 9.17) is 14.2 Å². The summed E-state index contributed by atoms with van der Waals surface area (Å²) in [4.78, 5) is 26.4. The molecule has 0 bridgehead atoms. The van der Waals surface area contributed by atoms with Crippen LogP contribution in [0.3, 0.4) is 0 Å². The van der Waals surface area contributed by atoms with Crippen molar-refractivity contribution in [2.45, 2.75) is 85.4 Å². The van der Waals surface area contributed by atoms with Gasteiger partial charge in [-0.05, 0) is 77.3 Å². The second kappa shape index (κ2) is 13.2. The van der Waals surface area contributed by atoms with Crippen LogP contribution in [0.25, 0.3) is 11.1 Å². The van der Waals surface area contributed by atoms with Crippen LogP contribution < -0.4 is 4.74 Å². The number of benzene rings is 2. The fraction of sp³-hybridized carbons (Fsp3) is 0.438. The lowest BCUT2D eigenvalue weighted by atomic mass is 10.1. The first-order chi connectivity index (χ1) is 19.4. The molecule has 0 aliphatic rings. The van der Waals surface area contributed by atoms with E-state index in [-0.39, 0.29) is 31.7 Å². The Hall–Kier alpha value is -3.53. The van der Waals surface area contributed by atoms with E-state index in [9.17, 15) is 22.8 Å². The fourth-order valence-electron chi connectivity index (χ4n) is 4.08. The van der Waals surface area contributed by atoms with Crippen molar-refractivity contribution in [3.05, 3.63) is 75.5 Å². The van der Waals surface area contributed by atoms with E-state index in [1.54, 1.807) is 84.0 Å². The molecule has 10 heteroatoms. The second-order valence-corrected chi connectivity index (χ2v) is 13.1. The Morgan fingerprint density at radius 2 is 1.52 bits per heavy atom. The molecule has 1 heterocycles. The topological polar surface area (TPSA) is 65.1 Å². The summed E-state index contributed by atoms with van der Waals surface area (Å²) in [6, 6.07) is 15.3. The number of amides is 1. The number of carbonyl (C=O) groups excluding carboxylic acids is 2. The van der Waals surface area contributed by atoms with Crippen molar-refractivity contribution in [2.75, 3.05) is 6.54 Å². The van der Waals surface area contributed by atoms with Gasteiger partial charge in [-0.25, -0.2) is 4.79 Å². The van der Waals surface area contributed by atoms with Crippen molar-refractivity contribution in [3.8, 4) is 16.9 Å². The lowest BCUT2D eigenvalue weighted by Gasteiger charge is -2.28. The van der Waals surface area contributed by atoms with Crippen LogP contribution in [0.5, 0.6) is 5.75 Å². The summed E-state index contributed by atoms with van der Waals surface area (Å²) in [5.74, 6) is 0.0909. The molecular formula is C32H38F3NO5S. The third kappa shape index (κ3) is 10.1. The van der Waals surface area contributed by atoms with Crippen molar-refractivity contribution < 1.29 is 37.0 Å². The van der Waals surface area contributed by atoms with Gasteiger partial charge in [-0.3, -0.25) is 4.79 Å². The highest BCUT2D eigenvalue weighted by atomic mass is 32.1. The number of nitrogens with zero attached hydrogens (tertiary/aromatic N) is 1. The van der Waals surface area contributed by atoms with Crippen molar-refractivity contribution in [1.82, 2.24) is 4.90 Å². The third-order valence-electron chi connectivity index (χ3n) is 5.77. The Balaban J connectivity index is 1.73. The highest BCUT2D eigenvalue weighted by molar-refractivity contribution is 7.12. The molecule has 0 atom stereocenters. The monoisotopic (exact) mass is 605 g/mol. The summed E-state index contributed by atoms with van der Waals surface area (Å²) < 4.78 is 58.1. The fourth-order valence-corrected chi connectivity index (χ4v) is 5.04. The molecule has 0 spiro atoms. The van der Waals surface area contributed by atoms with Crippen molar-refractivity contribution in [3.63, 3.8) is 0 Å². The Bertz CT molecular complexity index is 1370. The molecule has 3 aromatic rings. The number of thiophene rings is 1. The summed E-state index contributed by atoms with van der Waals surface area (Å²) >= 11 is 0.671. The molecule has 2 aromatic carbocycles. The lowest BCUT2D eigenvalue weighted by Crippen LogP contribution is -2.38. The molecule has 0 unspecified atom stereocenters. The van der Waals surface area contributed by atoms with E-state index in [1.165, 1.54) is 11.0 Å². The summed E-state index contributed by atoms with van der Waals surface area (Å²) in [6.07, 6.45) is -5.03. The van der Waals surface area contributed by atoms with Gasteiger partial charge in [-0.2, -0.15) is 13.2 Å². The third-order valence-corrected chi connectivity index (χ3v) is 6.92. The quantitative estimate of drug-likeness (QED) is 0.228. The average molecular weight is 606 g/mol. The van der Waals surface area contributed by atoms with Gasteiger partial charge in [0.1, 0.15) is 28.4 Å². The molecule has 0 fully saturated rings. The molecule has 0 aliphatic heterocycles. The maximum atomic E-state index is 13.7. The predicted octanol–water partition coefficient (Wildman–Crippen LogP) is 8.79. The molecule has 1 amide bonds. The molecule has 6 nitrogen and oxygen atoms in total. The van der Waals surface area contributed by atoms with Crippen LogP contribution >= 0.6 is 11.3 Å². The summed E-state index contributed by atoms with van der Waals surface area (Å²) in [6.45, 7) is 12.7. The lowest BCUT2D eigenvalue weighted by molar-refractivity contribution is -0.155. The maximum Gasteiger partial charge on any atom is 0.426 e. The van der Waals surface area contributed by atoms with Crippen LogP contribution in [0.1, 0.15) is 68.8 Å². The molecule has 42 heavy (non-hydrogen) atoms. The van der Waals surface area contributed by atoms with Gasteiger partial charge in [0.15, 0.2) is 0 Å². The van der Waals surface area contributed by atoms with Crippen LogP contribution in [0.15, 0.2) is 54.6 Å². The minimum absolute atomic E-state index is 0.00237. The van der Waals surface area contributed by atoms with Gasteiger partial charge in [0.25, 0.3) is 0 Å². The molecule has 0 saturated carbocycles. The average Bonchev–Trinajstić information content (AvgIpc) is 3.29. The highest BCUT2D eigenvalue weighted by Gasteiger charge is 2.36. The minimum Gasteiger partial charge on any atom is -0.488 e. The smallest absolute Gasteiger partial charge is 0.426 e. The highest BCUT2D eigenvalue weighted by Crippen LogP contribution is 2.43. The number of hydrogen-bond donors (Lipinski definition) is 0. The Morgan fingerprint density at radius 1 is 0.881 bits per heavy atom. The molecule has 0 radical (unpaired) electrons. The molecule has 228 valence electrons. The predicted molar refractivity (Wildman–Crippen MR) is 157 cm³/mol. The number of aryl methyl sites for hydroxylation is 1. The van der Waals surface area contributed by atoms with Crippen LogP contribution in [0.2, 0.25) is 0 Å². The van der Waals surface area contributed by atoms with Crippen molar-refractivity contribution in [1.29, 1.82) is 0 Å². The van der Waals surface area contributed by atoms with Gasteiger partial charge in [0.05, 0.1) is 6.42 Å². The van der Waals surface area contributed by atoms with E-state index in [1.807, 2.05) is 13.0 Å². The normalized spacial score (nSPS) is 12.1. The molecule has 0 N–H and O–H groups in total. The molecule has 0 aliphatic carbocycles. The largest absolute Gasteiger partial charge is 0.488 e. The zero-order valence-electron chi connectivity index (χ0n) is 25.1. The van der Waals surface area contributed by atoms with Gasteiger partial charge >= 0.3 is 18.2 Å². The van der Waals surface area contributed by atoms with Crippen molar-refractivity contribution in [2.24, 2.45) is 0 Å². The van der Waals surface area contributed by atoms with E-state index in [0.717, 1.165) is 11.1 Å². The number of esters is 1. The number of halogens is 3. The van der Waals surface area contributed by atoms with E-state index in [0.29, 0.717) is 27.5 Å². The first-order valence-electron chi connectivity index (χ1n) is 13.6. The summed E-state index contributed by atoms with van der Waals surface area (Å²) in [7, 11) is 0. The first-order valence-corrected chi connectivity index (χ1v) is 14.4. The van der Waals surface area contributed by atoms with E-state index in [2.05, 4.69) is 0 Å². The Morgan fingerprint density at radius 3 is 2.10 bits per heavy atom. The Labute approximate surface area is 249 Å². The molecule has 3 rings (SSSR count). The van der Waals surface area contributed by atoms with Crippen LogP contribution in [0, 0.1) is 6.92 Å². The number of rotatable bonds is 9. The zero-order valence-corrected chi connectivity index (χ0v) is 25.9. The Kier molecular flexibility index (Phi) is 10.4. The minimum atomic E-state index is -4.48. The maximum absolute atomic E-state index is 13.7. The number of alkyl halides is 3. The van der Waals surface area contributed by atoms with Gasteiger partial charge in [-0.15, -0.1) is 11.3 Å². The van der Waals surface area contributed by atoms with Crippen LogP contribution in [-0.4, -0.2) is 34.7 Å². The van der Waals surface area contributed by atoms with E-state index >= 15 is 0 Å². The van der Waals surface area contributed by atoms with Gasteiger partial charge < -0.3 is 19.1 Å².